The third kappa shape index (κ3) is 2.01. The summed E-state index contributed by atoms with van der Waals surface area (Å²) < 4.78 is 1.07. The molecule has 2 aromatic heterocycles. The molecule has 3 aromatic rings. The average Bonchev–Trinajstić information content (AvgIpc) is 2.85. The van der Waals surface area contributed by atoms with Crippen LogP contribution in [0.1, 0.15) is 17.2 Å². The van der Waals surface area contributed by atoms with Crippen LogP contribution in [-0.2, 0) is 0 Å². The number of aliphatic hydroxyl groups is 1. The summed E-state index contributed by atoms with van der Waals surface area (Å²) in [5.74, 6) is 0. The molecule has 1 N–H and O–H groups in total. The van der Waals surface area contributed by atoms with Gasteiger partial charge in [0.15, 0.2) is 0 Å². The molecular weight excluding hydrogens is 266 g/mol. The molecule has 0 amide bonds. The maximum Gasteiger partial charge on any atom is 0.107 e. The first kappa shape index (κ1) is 11.7. The van der Waals surface area contributed by atoms with E-state index in [2.05, 4.69) is 4.98 Å². The quantitative estimate of drug-likeness (QED) is 0.766. The maximum atomic E-state index is 10.3. The normalized spacial score (nSPS) is 12.8. The number of aliphatic hydroxyl groups excluding tert-OH is 1. The van der Waals surface area contributed by atoms with Crippen molar-refractivity contribution in [1.29, 1.82) is 0 Å². The van der Waals surface area contributed by atoms with Gasteiger partial charge >= 0.3 is 0 Å². The summed E-state index contributed by atoms with van der Waals surface area (Å²) in [4.78, 5) is 4.32. The van der Waals surface area contributed by atoms with Crippen LogP contribution in [0.5, 0.6) is 0 Å². The zero-order valence-corrected chi connectivity index (χ0v) is 10.9. The topological polar surface area (TPSA) is 33.1 Å². The fourth-order valence-electron chi connectivity index (χ4n) is 1.89. The van der Waals surface area contributed by atoms with Crippen LogP contribution < -0.4 is 0 Å². The van der Waals surface area contributed by atoms with Crippen molar-refractivity contribution in [3.63, 3.8) is 0 Å². The molecule has 0 saturated carbocycles. The van der Waals surface area contributed by atoms with Crippen molar-refractivity contribution in [3.05, 3.63) is 64.1 Å². The van der Waals surface area contributed by atoms with Gasteiger partial charge in [0.2, 0.25) is 0 Å². The van der Waals surface area contributed by atoms with Gasteiger partial charge in [0.25, 0.3) is 0 Å². The van der Waals surface area contributed by atoms with Crippen molar-refractivity contribution >= 4 is 33.2 Å². The van der Waals surface area contributed by atoms with E-state index in [4.69, 9.17) is 11.6 Å². The minimum Gasteiger partial charge on any atom is -0.384 e. The van der Waals surface area contributed by atoms with E-state index in [1.54, 1.807) is 23.6 Å². The van der Waals surface area contributed by atoms with Crippen molar-refractivity contribution in [2.75, 3.05) is 0 Å². The number of pyridine rings is 1. The van der Waals surface area contributed by atoms with Crippen LogP contribution in [0.3, 0.4) is 0 Å². The van der Waals surface area contributed by atoms with Crippen LogP contribution >= 0.6 is 22.9 Å². The van der Waals surface area contributed by atoms with E-state index in [0.717, 1.165) is 15.8 Å². The zero-order chi connectivity index (χ0) is 12.5. The Hall–Kier alpha value is -1.42. The van der Waals surface area contributed by atoms with E-state index >= 15 is 0 Å². The lowest BCUT2D eigenvalue weighted by molar-refractivity contribution is 0.220. The molecule has 0 fully saturated rings. The minimum absolute atomic E-state index is 0.566. The SMILES string of the molecule is OC(c1cnc2ccsc2c1)c1ccccc1Cl. The fourth-order valence-corrected chi connectivity index (χ4v) is 2.92. The van der Waals surface area contributed by atoms with E-state index in [0.29, 0.717) is 10.6 Å². The largest absolute Gasteiger partial charge is 0.384 e. The first-order chi connectivity index (χ1) is 8.75. The monoisotopic (exact) mass is 275 g/mol. The number of nitrogens with zero attached hydrogens (tertiary/aromatic N) is 1. The average molecular weight is 276 g/mol. The number of thiophene rings is 1. The van der Waals surface area contributed by atoms with Gasteiger partial charge in [-0.25, -0.2) is 0 Å². The lowest BCUT2D eigenvalue weighted by atomic mass is 10.0. The zero-order valence-electron chi connectivity index (χ0n) is 9.38. The van der Waals surface area contributed by atoms with Gasteiger partial charge < -0.3 is 5.11 Å². The maximum absolute atomic E-state index is 10.3. The molecule has 0 aliphatic rings. The molecule has 90 valence electrons. The third-order valence-electron chi connectivity index (χ3n) is 2.84. The summed E-state index contributed by atoms with van der Waals surface area (Å²) in [7, 11) is 0. The molecular formula is C14H10ClNOS. The second-order valence-electron chi connectivity index (χ2n) is 4.00. The van der Waals surface area contributed by atoms with Crippen molar-refractivity contribution in [2.24, 2.45) is 0 Å². The molecule has 0 radical (unpaired) electrons. The van der Waals surface area contributed by atoms with Gasteiger partial charge in [-0.3, -0.25) is 4.98 Å². The minimum atomic E-state index is -0.738. The van der Waals surface area contributed by atoms with Gasteiger partial charge in [-0.15, -0.1) is 11.3 Å². The number of halogens is 1. The number of hydrogen-bond donors (Lipinski definition) is 1. The van der Waals surface area contributed by atoms with Crippen LogP contribution in [0.25, 0.3) is 10.2 Å². The summed E-state index contributed by atoms with van der Waals surface area (Å²) in [5, 5.41) is 12.9. The van der Waals surface area contributed by atoms with Gasteiger partial charge in [0.05, 0.1) is 10.2 Å². The number of rotatable bonds is 2. The number of fused-ring (bicyclic) bond motifs is 1. The molecule has 0 aliphatic carbocycles. The Morgan fingerprint density at radius 1 is 1.22 bits per heavy atom. The molecule has 1 unspecified atom stereocenters. The van der Waals surface area contributed by atoms with E-state index in [1.807, 2.05) is 35.7 Å². The summed E-state index contributed by atoms with van der Waals surface area (Å²) in [6.45, 7) is 0. The molecule has 0 saturated heterocycles. The fraction of sp³-hybridized carbons (Fsp3) is 0.0714. The molecule has 0 spiro atoms. The van der Waals surface area contributed by atoms with Gasteiger partial charge in [0.1, 0.15) is 6.10 Å². The van der Waals surface area contributed by atoms with E-state index in [-0.39, 0.29) is 0 Å². The van der Waals surface area contributed by atoms with Gasteiger partial charge in [0, 0.05) is 22.3 Å². The standard InChI is InChI=1S/C14H10ClNOS/c15-11-4-2-1-3-10(11)14(17)9-7-13-12(16-8-9)5-6-18-13/h1-8,14,17H. The van der Waals surface area contributed by atoms with Crippen molar-refractivity contribution in [1.82, 2.24) is 4.98 Å². The van der Waals surface area contributed by atoms with Crippen molar-refractivity contribution < 1.29 is 5.11 Å². The van der Waals surface area contributed by atoms with Crippen LogP contribution in [-0.4, -0.2) is 10.1 Å². The van der Waals surface area contributed by atoms with E-state index in [9.17, 15) is 5.11 Å². The van der Waals surface area contributed by atoms with E-state index < -0.39 is 6.10 Å². The molecule has 0 aliphatic heterocycles. The molecule has 2 nitrogen and oxygen atoms in total. The Morgan fingerprint density at radius 2 is 2.06 bits per heavy atom. The second kappa shape index (κ2) is 4.69. The van der Waals surface area contributed by atoms with E-state index in [1.165, 1.54) is 0 Å². The Balaban J connectivity index is 2.06. The Morgan fingerprint density at radius 3 is 2.89 bits per heavy atom. The summed E-state index contributed by atoms with van der Waals surface area (Å²) in [6.07, 6.45) is 0.959. The molecule has 18 heavy (non-hydrogen) atoms. The molecule has 4 heteroatoms. The highest BCUT2D eigenvalue weighted by Gasteiger charge is 2.14. The highest BCUT2D eigenvalue weighted by atomic mass is 35.5. The lowest BCUT2D eigenvalue weighted by Gasteiger charge is -2.12. The van der Waals surface area contributed by atoms with Gasteiger partial charge in [-0.1, -0.05) is 29.8 Å². The summed E-state index contributed by atoms with van der Waals surface area (Å²) >= 11 is 7.70. The van der Waals surface area contributed by atoms with Crippen LogP contribution in [0.15, 0.2) is 48.0 Å². The van der Waals surface area contributed by atoms with Crippen LogP contribution in [0, 0.1) is 0 Å². The smallest absolute Gasteiger partial charge is 0.107 e. The number of hydrogen-bond acceptors (Lipinski definition) is 3. The summed E-state index contributed by atoms with van der Waals surface area (Å²) in [5.41, 5.74) is 2.42. The van der Waals surface area contributed by atoms with Gasteiger partial charge in [-0.2, -0.15) is 0 Å². The van der Waals surface area contributed by atoms with Crippen molar-refractivity contribution in [3.8, 4) is 0 Å². The predicted octanol–water partition coefficient (Wildman–Crippen LogP) is 4.03. The van der Waals surface area contributed by atoms with Gasteiger partial charge in [-0.05, 0) is 23.6 Å². The first-order valence-electron chi connectivity index (χ1n) is 5.51. The molecule has 2 heterocycles. The molecule has 0 bridgehead atoms. The Bertz CT molecular complexity index is 695. The molecule has 1 aromatic carbocycles. The Kier molecular flexibility index (Phi) is 3.04. The number of aromatic nitrogens is 1. The Labute approximate surface area is 113 Å². The predicted molar refractivity (Wildman–Crippen MR) is 75.1 cm³/mol. The highest BCUT2D eigenvalue weighted by Crippen LogP contribution is 2.30. The second-order valence-corrected chi connectivity index (χ2v) is 5.35. The number of benzene rings is 1. The van der Waals surface area contributed by atoms with Crippen LogP contribution in [0.4, 0.5) is 0 Å². The molecule has 1 atom stereocenters. The first-order valence-corrected chi connectivity index (χ1v) is 6.77. The molecule has 3 rings (SSSR count). The highest BCUT2D eigenvalue weighted by molar-refractivity contribution is 7.17. The third-order valence-corrected chi connectivity index (χ3v) is 4.04. The van der Waals surface area contributed by atoms with Crippen molar-refractivity contribution in [2.45, 2.75) is 6.10 Å². The van der Waals surface area contributed by atoms with Crippen LogP contribution in [0.2, 0.25) is 5.02 Å². The summed E-state index contributed by atoms with van der Waals surface area (Å²) in [6, 6.07) is 11.2. The lowest BCUT2D eigenvalue weighted by Crippen LogP contribution is -2.00.